The standard InChI is InChI=1S/C25H22N2O4S/c1-12-9-13(2)22-18(10-12)19(28)11-20(31-22)16-5-7-17(8-6-16)24(30)27-25-21(23(26)29)14(3)15(4)32-25/h5-11H,1-4H3,(H2,26,29)(H,27,30). The number of rotatable bonds is 4. The molecule has 0 radical (unpaired) electrons. The van der Waals surface area contributed by atoms with E-state index in [1.165, 1.54) is 17.4 Å². The maximum atomic E-state index is 12.7. The lowest BCUT2D eigenvalue weighted by Crippen LogP contribution is -2.17. The molecule has 6 nitrogen and oxygen atoms in total. The zero-order chi connectivity index (χ0) is 23.2. The summed E-state index contributed by atoms with van der Waals surface area (Å²) < 4.78 is 6.02. The number of fused-ring (bicyclic) bond motifs is 1. The number of anilines is 1. The van der Waals surface area contributed by atoms with E-state index in [2.05, 4.69) is 5.32 Å². The van der Waals surface area contributed by atoms with E-state index in [0.29, 0.717) is 38.4 Å². The molecule has 0 unspecified atom stereocenters. The molecule has 0 bridgehead atoms. The second kappa shape index (κ2) is 8.09. The molecule has 0 atom stereocenters. The Bertz CT molecular complexity index is 1450. The van der Waals surface area contributed by atoms with Crippen molar-refractivity contribution in [2.75, 3.05) is 5.32 Å². The fourth-order valence-corrected chi connectivity index (χ4v) is 4.79. The highest BCUT2D eigenvalue weighted by molar-refractivity contribution is 7.16. The number of carbonyl (C=O) groups is 2. The van der Waals surface area contributed by atoms with E-state index in [1.807, 2.05) is 32.9 Å². The molecule has 4 aromatic rings. The van der Waals surface area contributed by atoms with Gasteiger partial charge in [0.15, 0.2) is 5.43 Å². The molecule has 32 heavy (non-hydrogen) atoms. The Hall–Kier alpha value is -3.71. The highest BCUT2D eigenvalue weighted by atomic mass is 32.1. The van der Waals surface area contributed by atoms with Crippen LogP contribution in [-0.2, 0) is 0 Å². The number of nitrogens with one attached hydrogen (secondary N) is 1. The van der Waals surface area contributed by atoms with E-state index in [-0.39, 0.29) is 11.3 Å². The number of hydrogen-bond donors (Lipinski definition) is 2. The summed E-state index contributed by atoms with van der Waals surface area (Å²) in [4.78, 5) is 38.0. The average molecular weight is 447 g/mol. The SMILES string of the molecule is Cc1cc(C)c2oc(-c3ccc(C(=O)Nc4sc(C)c(C)c4C(N)=O)cc3)cc(=O)c2c1. The Morgan fingerprint density at radius 3 is 2.34 bits per heavy atom. The predicted octanol–water partition coefficient (Wildman–Crippen LogP) is 5.11. The van der Waals surface area contributed by atoms with Crippen molar-refractivity contribution in [3.8, 4) is 11.3 Å². The van der Waals surface area contributed by atoms with Gasteiger partial charge in [-0.05, 0) is 62.6 Å². The number of nitrogens with two attached hydrogens (primary N) is 1. The first-order chi connectivity index (χ1) is 15.2. The van der Waals surface area contributed by atoms with Crippen molar-refractivity contribution in [1.82, 2.24) is 0 Å². The number of thiophene rings is 1. The summed E-state index contributed by atoms with van der Waals surface area (Å²) in [5.41, 5.74) is 10.0. The first-order valence-corrected chi connectivity index (χ1v) is 10.8. The molecule has 0 aliphatic heterocycles. The Morgan fingerprint density at radius 2 is 1.69 bits per heavy atom. The van der Waals surface area contributed by atoms with Crippen LogP contribution in [0.25, 0.3) is 22.3 Å². The highest BCUT2D eigenvalue weighted by Crippen LogP contribution is 2.32. The van der Waals surface area contributed by atoms with Gasteiger partial charge in [0.2, 0.25) is 0 Å². The van der Waals surface area contributed by atoms with E-state index in [1.54, 1.807) is 31.2 Å². The van der Waals surface area contributed by atoms with Gasteiger partial charge < -0.3 is 15.5 Å². The van der Waals surface area contributed by atoms with Crippen LogP contribution < -0.4 is 16.5 Å². The molecule has 0 saturated heterocycles. The van der Waals surface area contributed by atoms with Gasteiger partial charge in [0.05, 0.1) is 10.9 Å². The molecule has 4 rings (SSSR count). The fraction of sp³-hybridized carbons (Fsp3) is 0.160. The third kappa shape index (κ3) is 3.83. The molecule has 0 aliphatic carbocycles. The second-order valence-corrected chi connectivity index (χ2v) is 9.04. The summed E-state index contributed by atoms with van der Waals surface area (Å²) in [6.45, 7) is 7.52. The molecule has 2 aromatic heterocycles. The average Bonchev–Trinajstić information content (AvgIpc) is 3.02. The van der Waals surface area contributed by atoms with Crippen LogP contribution >= 0.6 is 11.3 Å². The van der Waals surface area contributed by atoms with Crippen LogP contribution in [0.2, 0.25) is 0 Å². The molecule has 2 aromatic carbocycles. The number of aryl methyl sites for hydroxylation is 3. The van der Waals surface area contributed by atoms with Gasteiger partial charge in [0.1, 0.15) is 16.3 Å². The summed E-state index contributed by atoms with van der Waals surface area (Å²) in [5, 5.41) is 3.77. The van der Waals surface area contributed by atoms with Crippen LogP contribution in [0.5, 0.6) is 0 Å². The number of primary amides is 1. The summed E-state index contributed by atoms with van der Waals surface area (Å²) in [6, 6.07) is 12.0. The van der Waals surface area contributed by atoms with Gasteiger partial charge in [-0.3, -0.25) is 14.4 Å². The number of hydrogen-bond acceptors (Lipinski definition) is 5. The quantitative estimate of drug-likeness (QED) is 0.455. The maximum absolute atomic E-state index is 12.7. The molecule has 7 heteroatoms. The van der Waals surface area contributed by atoms with Crippen LogP contribution in [0.1, 0.15) is 42.3 Å². The van der Waals surface area contributed by atoms with Gasteiger partial charge in [-0.25, -0.2) is 0 Å². The van der Waals surface area contributed by atoms with E-state index in [0.717, 1.165) is 21.6 Å². The normalized spacial score (nSPS) is 11.0. The third-order valence-corrected chi connectivity index (χ3v) is 6.57. The Balaban J connectivity index is 1.64. The minimum Gasteiger partial charge on any atom is -0.456 e. The molecule has 2 amide bonds. The highest BCUT2D eigenvalue weighted by Gasteiger charge is 2.19. The van der Waals surface area contributed by atoms with Crippen LogP contribution in [0.3, 0.4) is 0 Å². The number of carbonyl (C=O) groups excluding carboxylic acids is 2. The molecular formula is C25H22N2O4S. The molecule has 162 valence electrons. The smallest absolute Gasteiger partial charge is 0.256 e. The monoisotopic (exact) mass is 446 g/mol. The van der Waals surface area contributed by atoms with Crippen molar-refractivity contribution < 1.29 is 14.0 Å². The number of benzene rings is 2. The van der Waals surface area contributed by atoms with Crippen LogP contribution in [0, 0.1) is 27.7 Å². The Labute approximate surface area is 188 Å². The minimum atomic E-state index is -0.575. The second-order valence-electron chi connectivity index (χ2n) is 7.82. The Morgan fingerprint density at radius 1 is 1.00 bits per heavy atom. The largest absolute Gasteiger partial charge is 0.456 e. The molecule has 2 heterocycles. The lowest BCUT2D eigenvalue weighted by Gasteiger charge is -2.08. The summed E-state index contributed by atoms with van der Waals surface area (Å²) >= 11 is 1.31. The van der Waals surface area contributed by atoms with E-state index < -0.39 is 5.91 Å². The zero-order valence-corrected chi connectivity index (χ0v) is 19.0. The van der Waals surface area contributed by atoms with Gasteiger partial charge >= 0.3 is 0 Å². The van der Waals surface area contributed by atoms with Crippen molar-refractivity contribution in [2.24, 2.45) is 5.73 Å². The number of amides is 2. The zero-order valence-electron chi connectivity index (χ0n) is 18.2. The van der Waals surface area contributed by atoms with Crippen LogP contribution in [0.4, 0.5) is 5.00 Å². The summed E-state index contributed by atoms with van der Waals surface area (Å²) in [7, 11) is 0. The van der Waals surface area contributed by atoms with Crippen molar-refractivity contribution in [2.45, 2.75) is 27.7 Å². The van der Waals surface area contributed by atoms with Crippen molar-refractivity contribution in [3.63, 3.8) is 0 Å². The maximum Gasteiger partial charge on any atom is 0.256 e. The Kier molecular flexibility index (Phi) is 5.44. The van der Waals surface area contributed by atoms with Gasteiger partial charge in [-0.15, -0.1) is 11.3 Å². The molecule has 3 N–H and O–H groups in total. The fourth-order valence-electron chi connectivity index (χ4n) is 3.72. The molecule has 0 aliphatic rings. The van der Waals surface area contributed by atoms with Gasteiger partial charge in [-0.1, -0.05) is 18.2 Å². The molecule has 0 spiro atoms. The molecule has 0 fully saturated rings. The van der Waals surface area contributed by atoms with Crippen LogP contribution in [-0.4, -0.2) is 11.8 Å². The summed E-state index contributed by atoms with van der Waals surface area (Å²) in [5.74, 6) is -0.497. The first-order valence-electron chi connectivity index (χ1n) is 10.0. The summed E-state index contributed by atoms with van der Waals surface area (Å²) in [6.07, 6.45) is 0. The van der Waals surface area contributed by atoms with Crippen LogP contribution in [0.15, 0.2) is 51.7 Å². The van der Waals surface area contributed by atoms with E-state index in [4.69, 9.17) is 10.2 Å². The molecular weight excluding hydrogens is 424 g/mol. The van der Waals surface area contributed by atoms with E-state index >= 15 is 0 Å². The van der Waals surface area contributed by atoms with Crippen molar-refractivity contribution >= 4 is 39.1 Å². The van der Waals surface area contributed by atoms with Gasteiger partial charge in [0, 0.05) is 22.1 Å². The first kappa shape index (κ1) is 21.5. The van der Waals surface area contributed by atoms with Gasteiger partial charge in [0.25, 0.3) is 11.8 Å². The lowest BCUT2D eigenvalue weighted by atomic mass is 10.1. The van der Waals surface area contributed by atoms with E-state index in [9.17, 15) is 14.4 Å². The van der Waals surface area contributed by atoms with Crippen molar-refractivity contribution in [3.05, 3.63) is 85.4 Å². The van der Waals surface area contributed by atoms with Crippen molar-refractivity contribution in [1.29, 1.82) is 0 Å². The minimum absolute atomic E-state index is 0.114. The third-order valence-electron chi connectivity index (χ3n) is 5.45. The molecule has 0 saturated carbocycles. The lowest BCUT2D eigenvalue weighted by molar-refractivity contribution is 0.100. The topological polar surface area (TPSA) is 102 Å². The van der Waals surface area contributed by atoms with Gasteiger partial charge in [-0.2, -0.15) is 0 Å². The predicted molar refractivity (Wildman–Crippen MR) is 128 cm³/mol.